The van der Waals surface area contributed by atoms with Gasteiger partial charge in [-0.05, 0) is 24.3 Å². The molecule has 1 aliphatic heterocycles. The van der Waals surface area contributed by atoms with E-state index in [4.69, 9.17) is 5.73 Å². The highest BCUT2D eigenvalue weighted by Gasteiger charge is 2.22. The molecule has 0 spiro atoms. The van der Waals surface area contributed by atoms with Gasteiger partial charge in [-0.2, -0.15) is 0 Å². The molecule has 0 aliphatic carbocycles. The monoisotopic (exact) mass is 226 g/mol. The first-order valence-corrected chi connectivity index (χ1v) is 4.81. The van der Waals surface area contributed by atoms with Gasteiger partial charge in [-0.15, -0.1) is 0 Å². The largest absolute Gasteiger partial charge is 0.368 e. The molecule has 3 heteroatoms. The molecule has 64 valence electrons. The second-order valence-corrected chi connectivity index (χ2v) is 4.06. The van der Waals surface area contributed by atoms with Gasteiger partial charge in [0.15, 0.2) is 0 Å². The summed E-state index contributed by atoms with van der Waals surface area (Å²) in [4.78, 5) is 2.27. The first kappa shape index (κ1) is 8.08. The summed E-state index contributed by atoms with van der Waals surface area (Å²) >= 11 is 3.40. The van der Waals surface area contributed by atoms with Crippen molar-refractivity contribution >= 4 is 21.6 Å². The highest BCUT2D eigenvalue weighted by atomic mass is 79.9. The number of anilines is 1. The molecule has 2 N–H and O–H groups in total. The SMILES string of the molecule is NC1CN(c2ccc(Br)cc2)C1. The van der Waals surface area contributed by atoms with Gasteiger partial charge in [-0.3, -0.25) is 0 Å². The van der Waals surface area contributed by atoms with Gasteiger partial charge in [-0.1, -0.05) is 15.9 Å². The van der Waals surface area contributed by atoms with Crippen LogP contribution in [0.4, 0.5) is 5.69 Å². The molecule has 0 radical (unpaired) electrons. The zero-order valence-electron chi connectivity index (χ0n) is 6.70. The molecule has 1 saturated heterocycles. The predicted octanol–water partition coefficient (Wildman–Crippen LogP) is 1.60. The number of nitrogens with zero attached hydrogens (tertiary/aromatic N) is 1. The Morgan fingerprint density at radius 3 is 2.33 bits per heavy atom. The second-order valence-electron chi connectivity index (χ2n) is 3.14. The maximum absolute atomic E-state index is 5.69. The van der Waals surface area contributed by atoms with Crippen molar-refractivity contribution in [3.8, 4) is 0 Å². The summed E-state index contributed by atoms with van der Waals surface area (Å²) in [6, 6.07) is 8.69. The Balaban J connectivity index is 2.09. The van der Waals surface area contributed by atoms with Gasteiger partial charge in [0.1, 0.15) is 0 Å². The van der Waals surface area contributed by atoms with Crippen molar-refractivity contribution < 1.29 is 0 Å². The van der Waals surface area contributed by atoms with Crippen molar-refractivity contribution in [2.45, 2.75) is 6.04 Å². The Morgan fingerprint density at radius 2 is 1.83 bits per heavy atom. The molecule has 0 bridgehead atoms. The molecule has 1 aromatic carbocycles. The van der Waals surface area contributed by atoms with Crippen LogP contribution in [0, 0.1) is 0 Å². The van der Waals surface area contributed by atoms with Crippen molar-refractivity contribution in [1.82, 2.24) is 0 Å². The Hall–Kier alpha value is -0.540. The number of hydrogen-bond acceptors (Lipinski definition) is 2. The lowest BCUT2D eigenvalue weighted by Gasteiger charge is -2.38. The van der Waals surface area contributed by atoms with Gasteiger partial charge in [0.25, 0.3) is 0 Å². The third-order valence-corrected chi connectivity index (χ3v) is 2.63. The summed E-state index contributed by atoms with van der Waals surface area (Å²) in [6.45, 7) is 1.98. The lowest BCUT2D eigenvalue weighted by atomic mass is 10.1. The van der Waals surface area contributed by atoms with Crippen molar-refractivity contribution in [2.24, 2.45) is 5.73 Å². The number of nitrogens with two attached hydrogens (primary N) is 1. The number of halogens is 1. The summed E-state index contributed by atoms with van der Waals surface area (Å²) in [5.41, 5.74) is 6.95. The van der Waals surface area contributed by atoms with Gasteiger partial charge in [-0.25, -0.2) is 0 Å². The summed E-state index contributed by atoms with van der Waals surface area (Å²) in [5, 5.41) is 0. The minimum atomic E-state index is 0.369. The summed E-state index contributed by atoms with van der Waals surface area (Å²) in [7, 11) is 0. The predicted molar refractivity (Wildman–Crippen MR) is 54.3 cm³/mol. The highest BCUT2D eigenvalue weighted by molar-refractivity contribution is 9.10. The van der Waals surface area contributed by atoms with Crippen LogP contribution in [0.5, 0.6) is 0 Å². The average Bonchev–Trinajstić information content (AvgIpc) is 2.01. The minimum Gasteiger partial charge on any atom is -0.368 e. The molecule has 0 atom stereocenters. The molecule has 0 unspecified atom stereocenters. The zero-order chi connectivity index (χ0) is 8.55. The van der Waals surface area contributed by atoms with E-state index in [1.807, 2.05) is 0 Å². The second kappa shape index (κ2) is 3.07. The fourth-order valence-corrected chi connectivity index (χ4v) is 1.64. The van der Waals surface area contributed by atoms with Crippen molar-refractivity contribution in [1.29, 1.82) is 0 Å². The number of benzene rings is 1. The molecule has 0 saturated carbocycles. The summed E-state index contributed by atoms with van der Waals surface area (Å²) in [5.74, 6) is 0. The maximum atomic E-state index is 5.69. The summed E-state index contributed by atoms with van der Waals surface area (Å²) < 4.78 is 1.12. The van der Waals surface area contributed by atoms with Crippen LogP contribution in [0.15, 0.2) is 28.7 Å². The van der Waals surface area contributed by atoms with E-state index >= 15 is 0 Å². The van der Waals surface area contributed by atoms with Crippen LogP contribution < -0.4 is 10.6 Å². The van der Waals surface area contributed by atoms with Crippen molar-refractivity contribution in [3.63, 3.8) is 0 Å². The normalized spacial score (nSPS) is 17.7. The van der Waals surface area contributed by atoms with Crippen LogP contribution in [0.25, 0.3) is 0 Å². The smallest absolute Gasteiger partial charge is 0.0395 e. The fourth-order valence-electron chi connectivity index (χ4n) is 1.38. The average molecular weight is 227 g/mol. The van der Waals surface area contributed by atoms with Crippen LogP contribution in [0.2, 0.25) is 0 Å². The molecule has 12 heavy (non-hydrogen) atoms. The third kappa shape index (κ3) is 1.47. The van der Waals surface area contributed by atoms with Crippen LogP contribution in [-0.4, -0.2) is 19.1 Å². The molecule has 2 nitrogen and oxygen atoms in total. The molecule has 1 aromatic rings. The van der Waals surface area contributed by atoms with E-state index in [-0.39, 0.29) is 0 Å². The van der Waals surface area contributed by atoms with Crippen LogP contribution >= 0.6 is 15.9 Å². The van der Waals surface area contributed by atoms with Crippen molar-refractivity contribution in [3.05, 3.63) is 28.7 Å². The van der Waals surface area contributed by atoms with E-state index in [0.29, 0.717) is 6.04 Å². The maximum Gasteiger partial charge on any atom is 0.0395 e. The van der Waals surface area contributed by atoms with Crippen LogP contribution in [-0.2, 0) is 0 Å². The standard InChI is InChI=1S/C9H11BrN2/c10-7-1-3-9(4-2-7)12-5-8(11)6-12/h1-4,8H,5-6,11H2. The Morgan fingerprint density at radius 1 is 1.25 bits per heavy atom. The molecular weight excluding hydrogens is 216 g/mol. The molecule has 1 fully saturated rings. The van der Waals surface area contributed by atoms with E-state index in [9.17, 15) is 0 Å². The quantitative estimate of drug-likeness (QED) is 0.789. The first-order valence-electron chi connectivity index (χ1n) is 4.02. The Kier molecular flexibility index (Phi) is 2.07. The molecule has 0 amide bonds. The highest BCUT2D eigenvalue weighted by Crippen LogP contribution is 2.21. The minimum absolute atomic E-state index is 0.369. The van der Waals surface area contributed by atoms with E-state index in [2.05, 4.69) is 45.1 Å². The first-order chi connectivity index (χ1) is 5.75. The summed E-state index contributed by atoms with van der Waals surface area (Å²) in [6.07, 6.45) is 0. The Labute approximate surface area is 80.5 Å². The van der Waals surface area contributed by atoms with Crippen molar-refractivity contribution in [2.75, 3.05) is 18.0 Å². The molecule has 0 aromatic heterocycles. The van der Waals surface area contributed by atoms with E-state index in [1.54, 1.807) is 0 Å². The number of hydrogen-bond donors (Lipinski definition) is 1. The molecule has 1 heterocycles. The van der Waals surface area contributed by atoms with E-state index in [0.717, 1.165) is 17.6 Å². The van der Waals surface area contributed by atoms with Crippen LogP contribution in [0.1, 0.15) is 0 Å². The van der Waals surface area contributed by atoms with Crippen LogP contribution in [0.3, 0.4) is 0 Å². The zero-order valence-corrected chi connectivity index (χ0v) is 8.29. The molecule has 1 aliphatic rings. The van der Waals surface area contributed by atoms with E-state index < -0.39 is 0 Å². The van der Waals surface area contributed by atoms with Gasteiger partial charge >= 0.3 is 0 Å². The number of rotatable bonds is 1. The topological polar surface area (TPSA) is 29.3 Å². The molecular formula is C9H11BrN2. The molecule has 2 rings (SSSR count). The fraction of sp³-hybridized carbons (Fsp3) is 0.333. The lowest BCUT2D eigenvalue weighted by molar-refractivity contribution is 0.519. The third-order valence-electron chi connectivity index (χ3n) is 2.10. The van der Waals surface area contributed by atoms with Gasteiger partial charge in [0.05, 0.1) is 0 Å². The van der Waals surface area contributed by atoms with Gasteiger partial charge in [0.2, 0.25) is 0 Å². The van der Waals surface area contributed by atoms with E-state index in [1.165, 1.54) is 5.69 Å². The van der Waals surface area contributed by atoms with Gasteiger partial charge < -0.3 is 10.6 Å². The lowest BCUT2D eigenvalue weighted by Crippen LogP contribution is -2.55. The Bertz CT molecular complexity index is 264. The van der Waals surface area contributed by atoms with Gasteiger partial charge in [0, 0.05) is 29.3 Å².